The number of ether oxygens (including phenoxy) is 2. The Morgan fingerprint density at radius 1 is 0.786 bits per heavy atom. The molecule has 2 N–H and O–H groups in total. The summed E-state index contributed by atoms with van der Waals surface area (Å²) in [4.78, 5) is 50.4. The Morgan fingerprint density at radius 3 is 2.02 bits per heavy atom. The van der Waals surface area contributed by atoms with E-state index in [1.165, 1.54) is 24.3 Å². The van der Waals surface area contributed by atoms with Gasteiger partial charge in [-0.1, -0.05) is 48.6 Å². The number of hydrogen-bond acceptors (Lipinski definition) is 10. The average molecular weight is 590 g/mol. The summed E-state index contributed by atoms with van der Waals surface area (Å²) in [5, 5.41) is 21.9. The van der Waals surface area contributed by atoms with Crippen molar-refractivity contribution in [2.24, 2.45) is 5.73 Å². The number of carbonyl (C=O) groups is 2. The number of hydrogen-bond donors (Lipinski definition) is 1. The monoisotopic (exact) mass is 589 g/mol. The molecule has 0 spiro atoms. The Bertz CT molecular complexity index is 1640. The fourth-order valence-corrected chi connectivity index (χ4v) is 4.23. The van der Waals surface area contributed by atoms with Crippen LogP contribution in [0.4, 0.5) is 0 Å². The van der Waals surface area contributed by atoms with Crippen LogP contribution in [-0.2, 0) is 22.5 Å². The molecule has 214 valence electrons. The van der Waals surface area contributed by atoms with Gasteiger partial charge in [0.05, 0.1) is 12.0 Å². The molecule has 0 radical (unpaired) electrons. The number of rotatable bonds is 12. The van der Waals surface area contributed by atoms with Crippen molar-refractivity contribution in [2.75, 3.05) is 6.54 Å². The van der Waals surface area contributed by atoms with Gasteiger partial charge in [-0.15, -0.1) is 10.1 Å². The third-order valence-electron chi connectivity index (χ3n) is 6.05. The SMILES string of the molecule is NC(=S)c1ccc(OC(=O)Cc2ccc3cc(OC(=O)c4ccc(CC(C[N+](=O)[O-])O[N+](=O)[O-])cc4)ccc3c2)cc1. The van der Waals surface area contributed by atoms with E-state index in [1.807, 2.05) is 6.07 Å². The molecule has 0 fully saturated rings. The lowest BCUT2D eigenvalue weighted by atomic mass is 10.0. The normalized spacial score (nSPS) is 11.3. The van der Waals surface area contributed by atoms with E-state index in [0.29, 0.717) is 22.6 Å². The van der Waals surface area contributed by atoms with Crippen LogP contribution in [0.3, 0.4) is 0 Å². The summed E-state index contributed by atoms with van der Waals surface area (Å²) in [5.41, 5.74) is 7.72. The lowest BCUT2D eigenvalue weighted by Crippen LogP contribution is -2.28. The lowest BCUT2D eigenvalue weighted by Gasteiger charge is -2.11. The van der Waals surface area contributed by atoms with Crippen LogP contribution in [0.5, 0.6) is 11.5 Å². The molecule has 13 heteroatoms. The third-order valence-corrected chi connectivity index (χ3v) is 6.28. The highest BCUT2D eigenvalue weighted by Gasteiger charge is 2.21. The van der Waals surface area contributed by atoms with Crippen LogP contribution < -0.4 is 15.2 Å². The van der Waals surface area contributed by atoms with E-state index in [1.54, 1.807) is 54.6 Å². The second-order valence-electron chi connectivity index (χ2n) is 9.14. The van der Waals surface area contributed by atoms with E-state index >= 15 is 0 Å². The summed E-state index contributed by atoms with van der Waals surface area (Å²) in [6.45, 7) is -0.738. The van der Waals surface area contributed by atoms with Gasteiger partial charge in [0, 0.05) is 16.9 Å². The molecule has 0 aliphatic carbocycles. The molecule has 12 nitrogen and oxygen atoms in total. The smallest absolute Gasteiger partial charge is 0.343 e. The summed E-state index contributed by atoms with van der Waals surface area (Å²) < 4.78 is 10.9. The van der Waals surface area contributed by atoms with Crippen molar-refractivity contribution in [2.45, 2.75) is 18.9 Å². The van der Waals surface area contributed by atoms with Crippen LogP contribution in [0.1, 0.15) is 27.0 Å². The van der Waals surface area contributed by atoms with E-state index in [0.717, 1.165) is 16.3 Å². The van der Waals surface area contributed by atoms with Crippen LogP contribution in [-0.4, -0.2) is 39.6 Å². The van der Waals surface area contributed by atoms with Crippen molar-refractivity contribution < 1.29 is 33.9 Å². The largest absolute Gasteiger partial charge is 0.426 e. The van der Waals surface area contributed by atoms with Crippen LogP contribution >= 0.6 is 12.2 Å². The van der Waals surface area contributed by atoms with Gasteiger partial charge in [0.25, 0.3) is 5.09 Å². The maximum Gasteiger partial charge on any atom is 0.343 e. The quantitative estimate of drug-likeness (QED) is 0.0823. The molecular weight excluding hydrogens is 566 g/mol. The number of fused-ring (bicyclic) bond motifs is 1. The van der Waals surface area contributed by atoms with Gasteiger partial charge < -0.3 is 20.0 Å². The Hall–Kier alpha value is -5.43. The van der Waals surface area contributed by atoms with Gasteiger partial charge in [-0.05, 0) is 70.4 Å². The van der Waals surface area contributed by atoms with Crippen molar-refractivity contribution in [3.63, 3.8) is 0 Å². The van der Waals surface area contributed by atoms with Gasteiger partial charge in [0.15, 0.2) is 6.10 Å². The van der Waals surface area contributed by atoms with Gasteiger partial charge in [-0.2, -0.15) is 0 Å². The maximum atomic E-state index is 12.7. The topological polar surface area (TPSA) is 174 Å². The minimum Gasteiger partial charge on any atom is -0.426 e. The van der Waals surface area contributed by atoms with Gasteiger partial charge in [0.1, 0.15) is 16.5 Å². The first kappa shape index (κ1) is 29.6. The Labute approximate surface area is 243 Å². The predicted octanol–water partition coefficient (Wildman–Crippen LogP) is 4.24. The summed E-state index contributed by atoms with van der Waals surface area (Å²) in [7, 11) is 0. The molecule has 0 saturated carbocycles. The molecule has 1 unspecified atom stereocenters. The summed E-state index contributed by atoms with van der Waals surface area (Å²) in [5.74, 6) is -0.392. The lowest BCUT2D eigenvalue weighted by molar-refractivity contribution is -0.774. The average Bonchev–Trinajstić information content (AvgIpc) is 2.93. The Balaban J connectivity index is 1.35. The number of esters is 2. The molecule has 4 rings (SSSR count). The van der Waals surface area contributed by atoms with Crippen molar-refractivity contribution >= 4 is 39.9 Å². The van der Waals surface area contributed by atoms with E-state index < -0.39 is 34.6 Å². The summed E-state index contributed by atoms with van der Waals surface area (Å²) in [6.07, 6.45) is -1.30. The standard InChI is InChI=1S/C29H23N3O9S/c30-28(42)20-7-10-24(11-8-20)39-27(33)15-19-3-6-23-16-25(12-9-22(23)13-19)40-29(34)21-4-1-18(2-5-21)14-26(17-31(35)36)41-32(37)38/h1-13,16,26H,14-15,17H2,(H2,30,42). The molecule has 0 amide bonds. The molecule has 0 aromatic heterocycles. The molecule has 4 aromatic rings. The van der Waals surface area contributed by atoms with E-state index in [9.17, 15) is 29.8 Å². The first-order valence-electron chi connectivity index (χ1n) is 12.4. The van der Waals surface area contributed by atoms with Gasteiger partial charge in [0.2, 0.25) is 6.54 Å². The van der Waals surface area contributed by atoms with Crippen molar-refractivity contribution in [1.82, 2.24) is 0 Å². The number of nitro groups is 1. The first-order valence-corrected chi connectivity index (χ1v) is 12.8. The molecule has 0 heterocycles. The van der Waals surface area contributed by atoms with Crippen LogP contribution in [0.2, 0.25) is 0 Å². The van der Waals surface area contributed by atoms with Gasteiger partial charge in [-0.25, -0.2) is 4.79 Å². The first-order chi connectivity index (χ1) is 20.0. The van der Waals surface area contributed by atoms with Crippen molar-refractivity contribution in [3.05, 3.63) is 127 Å². The highest BCUT2D eigenvalue weighted by Crippen LogP contribution is 2.24. The second kappa shape index (κ2) is 13.3. The number of nitrogens with two attached hydrogens (primary N) is 1. The highest BCUT2D eigenvalue weighted by molar-refractivity contribution is 7.80. The van der Waals surface area contributed by atoms with Gasteiger partial charge in [-0.3, -0.25) is 14.9 Å². The van der Waals surface area contributed by atoms with Crippen LogP contribution in [0.15, 0.2) is 84.9 Å². The minimum absolute atomic E-state index is 0.0463. The highest BCUT2D eigenvalue weighted by atomic mass is 32.1. The minimum atomic E-state index is -1.26. The van der Waals surface area contributed by atoms with E-state index in [2.05, 4.69) is 4.84 Å². The molecular formula is C29H23N3O9S. The predicted molar refractivity (Wildman–Crippen MR) is 154 cm³/mol. The third kappa shape index (κ3) is 8.29. The molecule has 0 aliphatic heterocycles. The van der Waals surface area contributed by atoms with Gasteiger partial charge >= 0.3 is 11.9 Å². The van der Waals surface area contributed by atoms with Crippen LogP contribution in [0.25, 0.3) is 10.8 Å². The zero-order valence-electron chi connectivity index (χ0n) is 21.8. The molecule has 0 saturated heterocycles. The molecule has 0 aliphatic rings. The molecule has 4 aromatic carbocycles. The van der Waals surface area contributed by atoms with Crippen molar-refractivity contribution in [1.29, 1.82) is 0 Å². The molecule has 1 atom stereocenters. The Morgan fingerprint density at radius 2 is 1.38 bits per heavy atom. The number of carbonyl (C=O) groups excluding carboxylic acids is 2. The summed E-state index contributed by atoms with van der Waals surface area (Å²) >= 11 is 4.91. The van der Waals surface area contributed by atoms with E-state index in [4.69, 9.17) is 27.4 Å². The molecule has 42 heavy (non-hydrogen) atoms. The number of benzene rings is 4. The van der Waals surface area contributed by atoms with Crippen LogP contribution in [0, 0.1) is 20.2 Å². The zero-order chi connectivity index (χ0) is 30.2. The fourth-order valence-electron chi connectivity index (χ4n) is 4.10. The van der Waals surface area contributed by atoms with E-state index in [-0.39, 0.29) is 23.4 Å². The number of nitrogens with zero attached hydrogens (tertiary/aromatic N) is 2. The maximum absolute atomic E-state index is 12.7. The Kier molecular flexibility index (Phi) is 9.35. The molecule has 0 bridgehead atoms. The summed E-state index contributed by atoms with van der Waals surface area (Å²) in [6, 6.07) is 23.0. The number of thiocarbonyl (C=S) groups is 1. The fraction of sp³-hybridized carbons (Fsp3) is 0.138. The van der Waals surface area contributed by atoms with Crippen molar-refractivity contribution in [3.8, 4) is 11.5 Å². The second-order valence-corrected chi connectivity index (χ2v) is 9.58. The zero-order valence-corrected chi connectivity index (χ0v) is 22.7.